The van der Waals surface area contributed by atoms with Crippen LogP contribution in [0, 0.1) is 6.92 Å². The summed E-state index contributed by atoms with van der Waals surface area (Å²) in [6.45, 7) is 7.59. The Hall–Kier alpha value is -4.20. The molecule has 42 heavy (non-hydrogen) atoms. The summed E-state index contributed by atoms with van der Waals surface area (Å²) in [6.07, 6.45) is 0.906. The molecule has 1 aromatic heterocycles. The van der Waals surface area contributed by atoms with E-state index in [1.807, 2.05) is 25.1 Å². The van der Waals surface area contributed by atoms with Crippen molar-refractivity contribution in [1.29, 1.82) is 0 Å². The summed E-state index contributed by atoms with van der Waals surface area (Å²) < 4.78 is 8.00. The highest BCUT2D eigenvalue weighted by atomic mass is 32.2. The Balaban J connectivity index is 1.25. The first-order valence-electron chi connectivity index (χ1n) is 14.4. The number of para-hydroxylation sites is 2. The third kappa shape index (κ3) is 6.32. The Morgan fingerprint density at radius 1 is 0.857 bits per heavy atom. The van der Waals surface area contributed by atoms with Gasteiger partial charge >= 0.3 is 5.97 Å². The van der Waals surface area contributed by atoms with Crippen LogP contribution in [0.1, 0.15) is 27.2 Å². The fraction of sp³-hybridized carbons (Fsp3) is 0.229. The van der Waals surface area contributed by atoms with Crippen LogP contribution in [0.5, 0.6) is 0 Å². The molecule has 0 amide bonds. The van der Waals surface area contributed by atoms with Crippen molar-refractivity contribution >= 4 is 40.3 Å². The molecule has 4 aromatic carbocycles. The first kappa shape index (κ1) is 27.9. The molecule has 0 unspecified atom stereocenters. The molecule has 1 N–H and O–H groups in total. The number of carboxylic acids is 1. The van der Waals surface area contributed by atoms with Gasteiger partial charge in [0, 0.05) is 55.1 Å². The second-order valence-electron chi connectivity index (χ2n) is 10.7. The van der Waals surface area contributed by atoms with Crippen LogP contribution in [-0.2, 0) is 13.0 Å². The van der Waals surface area contributed by atoms with E-state index in [0.29, 0.717) is 11.1 Å². The number of fused-ring (bicyclic) bond motifs is 1. The average Bonchev–Trinajstić information content (AvgIpc) is 3.36. The van der Waals surface area contributed by atoms with E-state index in [-0.39, 0.29) is 5.76 Å². The number of carbonyl (C=O) groups is 1. The summed E-state index contributed by atoms with van der Waals surface area (Å²) >= 11 is 1.69. The Morgan fingerprint density at radius 2 is 1.52 bits per heavy atom. The quantitative estimate of drug-likeness (QED) is 0.172. The lowest BCUT2D eigenvalue weighted by Gasteiger charge is -2.38. The Labute approximate surface area is 251 Å². The lowest BCUT2D eigenvalue weighted by atomic mass is 10.1. The van der Waals surface area contributed by atoms with Gasteiger partial charge in [-0.2, -0.15) is 0 Å². The SMILES string of the molecule is Cc1c(C(=O)O)oc2ccc(SN(CCc3ccccc3)c3ccccc3N3CCN(Cc4ccccc4)CC3)cc12. The van der Waals surface area contributed by atoms with Crippen molar-refractivity contribution in [2.45, 2.75) is 24.8 Å². The molecule has 6 rings (SSSR count). The van der Waals surface area contributed by atoms with E-state index < -0.39 is 5.97 Å². The van der Waals surface area contributed by atoms with E-state index >= 15 is 0 Å². The number of aromatic carboxylic acids is 1. The molecule has 2 heterocycles. The molecule has 1 aliphatic heterocycles. The largest absolute Gasteiger partial charge is 0.475 e. The van der Waals surface area contributed by atoms with E-state index in [9.17, 15) is 9.90 Å². The number of anilines is 2. The molecular weight excluding hydrogens is 542 g/mol. The van der Waals surface area contributed by atoms with E-state index in [1.165, 1.54) is 22.5 Å². The minimum absolute atomic E-state index is 0.00448. The molecule has 1 saturated heterocycles. The van der Waals surface area contributed by atoms with E-state index in [4.69, 9.17) is 4.42 Å². The van der Waals surface area contributed by atoms with E-state index in [1.54, 1.807) is 11.9 Å². The van der Waals surface area contributed by atoms with E-state index in [0.717, 1.165) is 56.0 Å². The number of hydrogen-bond acceptors (Lipinski definition) is 6. The van der Waals surface area contributed by atoms with Crippen LogP contribution < -0.4 is 9.21 Å². The normalized spacial score (nSPS) is 13.9. The van der Waals surface area contributed by atoms with Gasteiger partial charge in [-0.1, -0.05) is 72.8 Å². The second kappa shape index (κ2) is 12.8. The standard InChI is InChI=1S/C35H35N3O3S/c1-26-30-24-29(16-17-33(30)41-34(26)35(39)40)42-38(19-18-27-10-4-2-5-11-27)32-15-9-8-14-31(32)37-22-20-36(21-23-37)25-28-12-6-3-7-13-28/h2-17,24H,18-23,25H2,1H3,(H,39,40). The van der Waals surface area contributed by atoms with Gasteiger partial charge in [-0.3, -0.25) is 4.90 Å². The highest BCUT2D eigenvalue weighted by Gasteiger charge is 2.23. The first-order valence-corrected chi connectivity index (χ1v) is 15.2. The predicted octanol–water partition coefficient (Wildman–Crippen LogP) is 7.52. The summed E-state index contributed by atoms with van der Waals surface area (Å²) in [5, 5.41) is 10.4. The maximum atomic E-state index is 11.6. The highest BCUT2D eigenvalue weighted by Crippen LogP contribution is 2.38. The molecular formula is C35H35N3O3S. The number of aryl methyl sites for hydroxylation is 1. The van der Waals surface area contributed by atoms with Gasteiger partial charge in [0.05, 0.1) is 11.4 Å². The smallest absolute Gasteiger partial charge is 0.372 e. The minimum atomic E-state index is -1.04. The van der Waals surface area contributed by atoms with Crippen LogP contribution in [0.25, 0.3) is 11.0 Å². The molecule has 1 fully saturated rings. The zero-order valence-corrected chi connectivity index (χ0v) is 24.6. The van der Waals surface area contributed by atoms with Crippen molar-refractivity contribution in [2.75, 3.05) is 41.9 Å². The Morgan fingerprint density at radius 3 is 2.24 bits per heavy atom. The van der Waals surface area contributed by atoms with Crippen LogP contribution >= 0.6 is 11.9 Å². The number of furan rings is 1. The lowest BCUT2D eigenvalue weighted by molar-refractivity contribution is 0.0664. The van der Waals surface area contributed by atoms with Crippen LogP contribution in [0.15, 0.2) is 112 Å². The van der Waals surface area contributed by atoms with Crippen molar-refractivity contribution in [3.05, 3.63) is 126 Å². The fourth-order valence-corrected chi connectivity index (χ4v) is 6.60. The van der Waals surface area contributed by atoms with Crippen LogP contribution in [0.3, 0.4) is 0 Å². The molecule has 5 aromatic rings. The summed E-state index contributed by atoms with van der Waals surface area (Å²) in [5.74, 6) is -1.04. The van der Waals surface area contributed by atoms with Crippen molar-refractivity contribution in [3.63, 3.8) is 0 Å². The van der Waals surface area contributed by atoms with Crippen molar-refractivity contribution in [3.8, 4) is 0 Å². The monoisotopic (exact) mass is 577 g/mol. The van der Waals surface area contributed by atoms with Gasteiger partial charge in [-0.05, 0) is 66.8 Å². The summed E-state index contributed by atoms with van der Waals surface area (Å²) in [6, 6.07) is 35.9. The number of piperazine rings is 1. The molecule has 0 spiro atoms. The molecule has 0 saturated carbocycles. The maximum absolute atomic E-state index is 11.6. The Kier molecular flexibility index (Phi) is 8.49. The molecule has 0 radical (unpaired) electrons. The topological polar surface area (TPSA) is 60.2 Å². The molecule has 214 valence electrons. The van der Waals surface area contributed by atoms with Crippen molar-refractivity contribution in [1.82, 2.24) is 4.90 Å². The molecule has 0 bridgehead atoms. The fourth-order valence-electron chi connectivity index (χ4n) is 5.61. The molecule has 0 aliphatic carbocycles. The van der Waals surface area contributed by atoms with Crippen LogP contribution in [0.2, 0.25) is 0 Å². The average molecular weight is 578 g/mol. The minimum Gasteiger partial charge on any atom is -0.475 e. The Bertz CT molecular complexity index is 1650. The number of rotatable bonds is 10. The molecule has 6 nitrogen and oxygen atoms in total. The molecule has 1 aliphatic rings. The summed E-state index contributed by atoms with van der Waals surface area (Å²) in [5.41, 5.74) is 6.33. The van der Waals surface area contributed by atoms with E-state index in [2.05, 4.69) is 99.0 Å². The second-order valence-corrected chi connectivity index (χ2v) is 11.8. The van der Waals surface area contributed by atoms with Gasteiger partial charge in [0.15, 0.2) is 0 Å². The van der Waals surface area contributed by atoms with Crippen molar-refractivity contribution in [2.24, 2.45) is 0 Å². The molecule has 0 atom stereocenters. The van der Waals surface area contributed by atoms with Crippen molar-refractivity contribution < 1.29 is 14.3 Å². The summed E-state index contributed by atoms with van der Waals surface area (Å²) in [4.78, 5) is 17.7. The zero-order chi connectivity index (χ0) is 28.9. The number of carboxylic acid groups (broad SMARTS) is 1. The van der Waals surface area contributed by atoms with Gasteiger partial charge < -0.3 is 18.7 Å². The van der Waals surface area contributed by atoms with Gasteiger partial charge in [0.2, 0.25) is 5.76 Å². The molecule has 7 heteroatoms. The predicted molar refractivity (Wildman–Crippen MR) is 172 cm³/mol. The maximum Gasteiger partial charge on any atom is 0.372 e. The third-order valence-corrected chi connectivity index (χ3v) is 8.94. The van der Waals surface area contributed by atoms with Crippen LogP contribution in [-0.4, -0.2) is 48.7 Å². The first-order chi connectivity index (χ1) is 20.5. The summed E-state index contributed by atoms with van der Waals surface area (Å²) in [7, 11) is 0. The number of benzene rings is 4. The van der Waals surface area contributed by atoms with Gasteiger partial charge in [0.25, 0.3) is 0 Å². The van der Waals surface area contributed by atoms with Crippen LogP contribution in [0.4, 0.5) is 11.4 Å². The highest BCUT2D eigenvalue weighted by molar-refractivity contribution is 8.00. The van der Waals surface area contributed by atoms with Gasteiger partial charge in [0.1, 0.15) is 5.58 Å². The lowest BCUT2D eigenvalue weighted by Crippen LogP contribution is -2.46. The zero-order valence-electron chi connectivity index (χ0n) is 23.8. The van der Waals surface area contributed by atoms with Gasteiger partial charge in [-0.15, -0.1) is 0 Å². The van der Waals surface area contributed by atoms with Gasteiger partial charge in [-0.25, -0.2) is 4.79 Å². The number of nitrogens with zero attached hydrogens (tertiary/aromatic N) is 3. The number of hydrogen-bond donors (Lipinski definition) is 1. The third-order valence-electron chi connectivity index (χ3n) is 7.88.